The van der Waals surface area contributed by atoms with E-state index >= 15 is 0 Å². The van der Waals surface area contributed by atoms with E-state index in [-0.39, 0.29) is 23.9 Å². The number of carbonyl (C=O) groups is 1. The lowest BCUT2D eigenvalue weighted by molar-refractivity contribution is -0.204. The average molecular weight is 250 g/mol. The summed E-state index contributed by atoms with van der Waals surface area (Å²) in [5.41, 5.74) is -0.238. The molecule has 0 amide bonds. The fourth-order valence-corrected chi connectivity index (χ4v) is 4.41. The van der Waals surface area contributed by atoms with Crippen molar-refractivity contribution in [1.29, 1.82) is 0 Å². The molecule has 0 aromatic rings. The summed E-state index contributed by atoms with van der Waals surface area (Å²) in [6, 6.07) is 0. The molecule has 1 aliphatic heterocycles. The van der Waals surface area contributed by atoms with Gasteiger partial charge in [-0.1, -0.05) is 13.5 Å². The Morgan fingerprint density at radius 3 is 2.83 bits per heavy atom. The zero-order valence-electron chi connectivity index (χ0n) is 11.2. The molecule has 1 heterocycles. The highest BCUT2D eigenvalue weighted by Crippen LogP contribution is 2.54. The Morgan fingerprint density at radius 2 is 2.11 bits per heavy atom. The van der Waals surface area contributed by atoms with E-state index in [1.54, 1.807) is 0 Å². The number of carbonyl (C=O) groups excluding carboxylic acids is 1. The molecule has 3 nitrogen and oxygen atoms in total. The second-order valence-electron chi connectivity index (χ2n) is 6.65. The van der Waals surface area contributed by atoms with Crippen LogP contribution in [-0.4, -0.2) is 22.8 Å². The number of hydrogen-bond donors (Lipinski definition) is 1. The average Bonchev–Trinajstić information content (AvgIpc) is 2.31. The van der Waals surface area contributed by atoms with Gasteiger partial charge in [-0.05, 0) is 50.4 Å². The summed E-state index contributed by atoms with van der Waals surface area (Å²) in [6.45, 7) is 8.02. The first kappa shape index (κ1) is 12.2. The highest BCUT2D eigenvalue weighted by molar-refractivity contribution is 5.89. The Kier molecular flexibility index (Phi) is 2.60. The van der Waals surface area contributed by atoms with Gasteiger partial charge >= 0.3 is 5.97 Å². The Balaban J connectivity index is 2.00. The molecular formula is C15H22O3. The highest BCUT2D eigenvalue weighted by atomic mass is 16.6. The molecule has 2 aliphatic carbocycles. The Labute approximate surface area is 108 Å². The maximum absolute atomic E-state index is 11.9. The molecule has 2 saturated carbocycles. The van der Waals surface area contributed by atoms with Crippen molar-refractivity contribution >= 4 is 5.97 Å². The van der Waals surface area contributed by atoms with E-state index in [2.05, 4.69) is 13.5 Å². The molecule has 0 spiro atoms. The second-order valence-corrected chi connectivity index (χ2v) is 6.65. The first-order chi connectivity index (χ1) is 8.42. The largest absolute Gasteiger partial charge is 0.456 e. The second kappa shape index (κ2) is 3.83. The van der Waals surface area contributed by atoms with E-state index < -0.39 is 5.60 Å². The summed E-state index contributed by atoms with van der Waals surface area (Å²) >= 11 is 0. The quantitative estimate of drug-likeness (QED) is 0.530. The van der Waals surface area contributed by atoms with E-state index in [0.717, 1.165) is 25.7 Å². The molecule has 3 fully saturated rings. The molecule has 0 unspecified atom stereocenters. The standard InChI is InChI=1S/C15H22O3/c1-8-4-5-11-9(2)14(16)18-13-12(11)10(8)6-7-15(13,3)17/h8,10-13,17H,2,4-7H2,1,3H3/t8-,10+,11+,12+,13-,15-/m1/s1. The fourth-order valence-electron chi connectivity index (χ4n) is 4.41. The van der Waals surface area contributed by atoms with E-state index in [1.807, 2.05) is 6.92 Å². The molecule has 0 aromatic heterocycles. The van der Waals surface area contributed by atoms with Crippen LogP contribution in [0.5, 0.6) is 0 Å². The van der Waals surface area contributed by atoms with Gasteiger partial charge in [0, 0.05) is 11.5 Å². The molecule has 0 radical (unpaired) electrons. The molecule has 3 rings (SSSR count). The van der Waals surface area contributed by atoms with Crippen LogP contribution in [0.1, 0.15) is 39.5 Å². The number of aliphatic hydroxyl groups is 1. The third kappa shape index (κ3) is 1.56. The van der Waals surface area contributed by atoms with Crippen molar-refractivity contribution in [1.82, 2.24) is 0 Å². The van der Waals surface area contributed by atoms with Crippen LogP contribution in [0.15, 0.2) is 12.2 Å². The van der Waals surface area contributed by atoms with Gasteiger partial charge in [0.1, 0.15) is 6.10 Å². The summed E-state index contributed by atoms with van der Waals surface area (Å²) in [5.74, 6) is 1.44. The molecule has 18 heavy (non-hydrogen) atoms. The van der Waals surface area contributed by atoms with Gasteiger partial charge in [0.25, 0.3) is 0 Å². The van der Waals surface area contributed by atoms with Crippen molar-refractivity contribution in [3.8, 4) is 0 Å². The molecule has 0 bridgehead atoms. The first-order valence-electron chi connectivity index (χ1n) is 7.04. The SMILES string of the molecule is C=C1C(=O)O[C@@H]2[C@H]3[C@@H](CC[C@@]2(C)O)[C@H](C)CC[C@@H]13. The lowest BCUT2D eigenvalue weighted by atomic mass is 9.55. The minimum atomic E-state index is -0.868. The van der Waals surface area contributed by atoms with Gasteiger partial charge in [-0.3, -0.25) is 0 Å². The first-order valence-corrected chi connectivity index (χ1v) is 7.04. The number of esters is 1. The topological polar surface area (TPSA) is 46.5 Å². The summed E-state index contributed by atoms with van der Waals surface area (Å²) in [4.78, 5) is 11.9. The molecule has 1 N–H and O–H groups in total. The van der Waals surface area contributed by atoms with Gasteiger partial charge in [0.2, 0.25) is 0 Å². The van der Waals surface area contributed by atoms with Crippen LogP contribution in [0, 0.1) is 23.7 Å². The van der Waals surface area contributed by atoms with Crippen molar-refractivity contribution in [2.45, 2.75) is 51.2 Å². The van der Waals surface area contributed by atoms with Gasteiger partial charge in [-0.25, -0.2) is 4.79 Å². The van der Waals surface area contributed by atoms with Crippen LogP contribution in [0.3, 0.4) is 0 Å². The van der Waals surface area contributed by atoms with Crippen LogP contribution >= 0.6 is 0 Å². The zero-order valence-corrected chi connectivity index (χ0v) is 11.2. The summed E-state index contributed by atoms with van der Waals surface area (Å²) in [5, 5.41) is 10.5. The third-order valence-electron chi connectivity index (χ3n) is 5.51. The van der Waals surface area contributed by atoms with Crippen molar-refractivity contribution in [2.24, 2.45) is 23.7 Å². The zero-order chi connectivity index (χ0) is 13.1. The predicted molar refractivity (Wildman–Crippen MR) is 67.7 cm³/mol. The van der Waals surface area contributed by atoms with Crippen molar-refractivity contribution < 1.29 is 14.6 Å². The normalized spacial score (nSPS) is 51.6. The molecule has 6 atom stereocenters. The van der Waals surface area contributed by atoms with Crippen LogP contribution in [0.4, 0.5) is 0 Å². The maximum Gasteiger partial charge on any atom is 0.334 e. The number of rotatable bonds is 0. The lowest BCUT2D eigenvalue weighted by Crippen LogP contribution is -2.60. The van der Waals surface area contributed by atoms with Crippen molar-refractivity contribution in [2.75, 3.05) is 0 Å². The third-order valence-corrected chi connectivity index (χ3v) is 5.51. The Morgan fingerprint density at radius 1 is 1.39 bits per heavy atom. The lowest BCUT2D eigenvalue weighted by Gasteiger charge is -2.55. The van der Waals surface area contributed by atoms with E-state index in [4.69, 9.17) is 4.74 Å². The van der Waals surface area contributed by atoms with Crippen LogP contribution in [-0.2, 0) is 9.53 Å². The van der Waals surface area contributed by atoms with Gasteiger partial charge in [0.05, 0.1) is 5.60 Å². The highest BCUT2D eigenvalue weighted by Gasteiger charge is 2.57. The molecular weight excluding hydrogens is 228 g/mol. The number of ether oxygens (including phenoxy) is 1. The molecule has 100 valence electrons. The van der Waals surface area contributed by atoms with Crippen LogP contribution in [0.2, 0.25) is 0 Å². The monoisotopic (exact) mass is 250 g/mol. The number of hydrogen-bond acceptors (Lipinski definition) is 3. The van der Waals surface area contributed by atoms with E-state index in [0.29, 0.717) is 17.4 Å². The summed E-state index contributed by atoms with van der Waals surface area (Å²) < 4.78 is 5.51. The van der Waals surface area contributed by atoms with E-state index in [9.17, 15) is 9.90 Å². The summed E-state index contributed by atoms with van der Waals surface area (Å²) in [6.07, 6.45) is 3.62. The maximum atomic E-state index is 11.9. The molecule has 3 aliphatic rings. The van der Waals surface area contributed by atoms with Crippen molar-refractivity contribution in [3.63, 3.8) is 0 Å². The van der Waals surface area contributed by atoms with Gasteiger partial charge < -0.3 is 9.84 Å². The van der Waals surface area contributed by atoms with Crippen LogP contribution < -0.4 is 0 Å². The predicted octanol–water partition coefficient (Wildman–Crippen LogP) is 2.29. The van der Waals surface area contributed by atoms with Gasteiger partial charge in [-0.15, -0.1) is 0 Å². The minimum Gasteiger partial charge on any atom is -0.456 e. The van der Waals surface area contributed by atoms with Crippen LogP contribution in [0.25, 0.3) is 0 Å². The Hall–Kier alpha value is -0.830. The molecule has 0 aromatic carbocycles. The smallest absolute Gasteiger partial charge is 0.334 e. The molecule has 1 saturated heterocycles. The fraction of sp³-hybridized carbons (Fsp3) is 0.800. The van der Waals surface area contributed by atoms with E-state index in [1.165, 1.54) is 0 Å². The minimum absolute atomic E-state index is 0.226. The Bertz CT molecular complexity index is 399. The molecule has 3 heteroatoms. The van der Waals surface area contributed by atoms with Gasteiger partial charge in [0.15, 0.2) is 0 Å². The van der Waals surface area contributed by atoms with Gasteiger partial charge in [-0.2, -0.15) is 0 Å². The summed E-state index contributed by atoms with van der Waals surface area (Å²) in [7, 11) is 0. The van der Waals surface area contributed by atoms with Crippen molar-refractivity contribution in [3.05, 3.63) is 12.2 Å².